The zero-order chi connectivity index (χ0) is 40.3. The van der Waals surface area contributed by atoms with Gasteiger partial charge in [-0.05, 0) is 44.9 Å². The zero-order valence-electron chi connectivity index (χ0n) is 35.7. The molecule has 0 aliphatic carbocycles. The van der Waals surface area contributed by atoms with Gasteiger partial charge in [-0.2, -0.15) is 0 Å². The van der Waals surface area contributed by atoms with Gasteiger partial charge in [0.1, 0.15) is 12.2 Å². The van der Waals surface area contributed by atoms with Crippen LogP contribution in [0.1, 0.15) is 213 Å². The maximum absolute atomic E-state index is 12.6. The number of unbranched alkanes of at least 4 members (excludes halogenated alkanes) is 26. The summed E-state index contributed by atoms with van der Waals surface area (Å²) in [7, 11) is -4.52. The van der Waals surface area contributed by atoms with E-state index in [4.69, 9.17) is 23.6 Å². The number of carbonyl (C=O) groups is 1. The van der Waals surface area contributed by atoms with Crippen LogP contribution in [0.2, 0.25) is 0 Å². The molecule has 0 aromatic rings. The van der Waals surface area contributed by atoms with Gasteiger partial charge in [0.15, 0.2) is 0 Å². The van der Waals surface area contributed by atoms with E-state index in [1.807, 2.05) is 0 Å². The maximum Gasteiger partial charge on any atom is 0.472 e. The molecule has 0 aliphatic rings. The number of aliphatic hydroxyl groups is 2. The molecule has 3 N–H and O–H groups in total. The van der Waals surface area contributed by atoms with Gasteiger partial charge in [0.05, 0.1) is 26.4 Å². The number of phosphoric ester groups is 1. The van der Waals surface area contributed by atoms with Crippen molar-refractivity contribution in [1.82, 2.24) is 0 Å². The van der Waals surface area contributed by atoms with Crippen molar-refractivity contribution >= 4 is 13.8 Å². The molecular formula is C45H87O9P. The first kappa shape index (κ1) is 53.9. The largest absolute Gasteiger partial charge is 0.472 e. The van der Waals surface area contributed by atoms with Crippen molar-refractivity contribution in [2.45, 2.75) is 225 Å². The highest BCUT2D eigenvalue weighted by Crippen LogP contribution is 2.43. The third-order valence-corrected chi connectivity index (χ3v) is 10.8. The number of carbonyl (C=O) groups excluding carboxylic acids is 1. The Morgan fingerprint density at radius 3 is 1.49 bits per heavy atom. The fourth-order valence-corrected chi connectivity index (χ4v) is 7.18. The molecule has 9 nitrogen and oxygen atoms in total. The van der Waals surface area contributed by atoms with Crippen LogP contribution in [-0.4, -0.2) is 66.3 Å². The summed E-state index contributed by atoms with van der Waals surface area (Å²) in [6.07, 6.45) is 44.1. The number of hydrogen-bond donors (Lipinski definition) is 3. The van der Waals surface area contributed by atoms with Crippen LogP contribution < -0.4 is 0 Å². The van der Waals surface area contributed by atoms with Crippen LogP contribution in [0.4, 0.5) is 0 Å². The molecule has 3 atom stereocenters. The zero-order valence-corrected chi connectivity index (χ0v) is 36.6. The predicted molar refractivity (Wildman–Crippen MR) is 228 cm³/mol. The smallest absolute Gasteiger partial charge is 0.457 e. The van der Waals surface area contributed by atoms with E-state index in [0.717, 1.165) is 51.4 Å². The van der Waals surface area contributed by atoms with Crippen molar-refractivity contribution < 1.29 is 43.0 Å². The van der Waals surface area contributed by atoms with Gasteiger partial charge in [0, 0.05) is 13.0 Å². The molecule has 55 heavy (non-hydrogen) atoms. The van der Waals surface area contributed by atoms with Crippen LogP contribution in [0.15, 0.2) is 24.3 Å². The lowest BCUT2D eigenvalue weighted by atomic mass is 10.0. The third-order valence-electron chi connectivity index (χ3n) is 9.89. The van der Waals surface area contributed by atoms with E-state index >= 15 is 0 Å². The molecule has 0 radical (unpaired) electrons. The third kappa shape index (κ3) is 42.4. The van der Waals surface area contributed by atoms with E-state index < -0.39 is 33.2 Å². The lowest BCUT2D eigenvalue weighted by molar-refractivity contribution is -0.154. The molecule has 326 valence electrons. The molecule has 0 saturated heterocycles. The second-order valence-electron chi connectivity index (χ2n) is 15.4. The number of allylic oxidation sites excluding steroid dienone is 4. The van der Waals surface area contributed by atoms with Crippen molar-refractivity contribution in [1.29, 1.82) is 0 Å². The standard InChI is InChI=1S/C45H87O9P/c1-3-5-7-9-11-13-15-17-19-21-22-24-26-28-30-32-34-36-38-51-41-44(42-53-55(49,50)52-40-43(47)39-46)54-45(48)37-35-33-31-29-27-25-23-20-18-16-14-12-10-8-6-4-2/h11,13,17,19,43-44,46-47H,3-10,12,14-16,18,20-42H2,1-2H3,(H,49,50)/b13-11-,19-17-. The average Bonchev–Trinajstić information content (AvgIpc) is 3.18. The van der Waals surface area contributed by atoms with Gasteiger partial charge in [-0.25, -0.2) is 4.57 Å². The Bertz CT molecular complexity index is 913. The molecule has 0 amide bonds. The Balaban J connectivity index is 4.13. The monoisotopic (exact) mass is 803 g/mol. The molecule has 0 fully saturated rings. The Morgan fingerprint density at radius 1 is 0.564 bits per heavy atom. The van der Waals surface area contributed by atoms with Gasteiger partial charge < -0.3 is 24.6 Å². The summed E-state index contributed by atoms with van der Waals surface area (Å²) < 4.78 is 33.4. The number of hydrogen-bond acceptors (Lipinski definition) is 8. The average molecular weight is 803 g/mol. The molecule has 0 bridgehead atoms. The summed E-state index contributed by atoms with van der Waals surface area (Å²) in [4.78, 5) is 22.6. The normalized spacial score (nSPS) is 14.2. The lowest BCUT2D eigenvalue weighted by Gasteiger charge is -2.20. The van der Waals surface area contributed by atoms with Crippen molar-refractivity contribution in [3.63, 3.8) is 0 Å². The molecule has 0 saturated carbocycles. The maximum atomic E-state index is 12.6. The fourth-order valence-electron chi connectivity index (χ4n) is 6.39. The van der Waals surface area contributed by atoms with Crippen LogP contribution in [0.3, 0.4) is 0 Å². The van der Waals surface area contributed by atoms with Gasteiger partial charge in [-0.3, -0.25) is 13.8 Å². The minimum Gasteiger partial charge on any atom is -0.457 e. The topological polar surface area (TPSA) is 132 Å². The molecule has 3 unspecified atom stereocenters. The second kappa shape index (κ2) is 42.5. The van der Waals surface area contributed by atoms with Crippen LogP contribution >= 0.6 is 7.82 Å². The minimum absolute atomic E-state index is 0.0493. The van der Waals surface area contributed by atoms with Crippen molar-refractivity contribution in [2.24, 2.45) is 0 Å². The van der Waals surface area contributed by atoms with Crippen molar-refractivity contribution in [3.05, 3.63) is 24.3 Å². The highest BCUT2D eigenvalue weighted by molar-refractivity contribution is 7.47. The molecule has 0 rings (SSSR count). The Kier molecular flexibility index (Phi) is 41.7. The van der Waals surface area contributed by atoms with Gasteiger partial charge >= 0.3 is 13.8 Å². The van der Waals surface area contributed by atoms with Crippen LogP contribution in [0.25, 0.3) is 0 Å². The predicted octanol–water partition coefficient (Wildman–Crippen LogP) is 12.6. The van der Waals surface area contributed by atoms with Gasteiger partial charge in [0.2, 0.25) is 0 Å². The summed E-state index contributed by atoms with van der Waals surface area (Å²) in [6, 6.07) is 0. The Labute approximate surface area is 338 Å². The molecule has 0 aromatic heterocycles. The second-order valence-corrected chi connectivity index (χ2v) is 16.9. The van der Waals surface area contributed by atoms with Crippen molar-refractivity contribution in [2.75, 3.05) is 33.0 Å². The first-order valence-electron chi connectivity index (χ1n) is 22.8. The first-order valence-corrected chi connectivity index (χ1v) is 24.3. The molecular weight excluding hydrogens is 715 g/mol. The highest BCUT2D eigenvalue weighted by Gasteiger charge is 2.26. The van der Waals surface area contributed by atoms with E-state index in [-0.39, 0.29) is 25.6 Å². The van der Waals surface area contributed by atoms with E-state index in [2.05, 4.69) is 38.2 Å². The number of aliphatic hydroxyl groups excluding tert-OH is 2. The van der Waals surface area contributed by atoms with Gasteiger partial charge in [0.25, 0.3) is 0 Å². The summed E-state index contributed by atoms with van der Waals surface area (Å²) >= 11 is 0. The molecule has 0 aliphatic heterocycles. The molecule has 0 aromatic carbocycles. The summed E-state index contributed by atoms with van der Waals surface area (Å²) in [5.41, 5.74) is 0. The van der Waals surface area contributed by atoms with Gasteiger partial charge in [-0.1, -0.05) is 186 Å². The van der Waals surface area contributed by atoms with Crippen LogP contribution in [-0.2, 0) is 27.9 Å². The Morgan fingerprint density at radius 2 is 0.982 bits per heavy atom. The summed E-state index contributed by atoms with van der Waals surface area (Å²) in [5.74, 6) is -0.381. The molecule has 0 spiro atoms. The Hall–Kier alpha value is -1.06. The lowest BCUT2D eigenvalue weighted by Crippen LogP contribution is -2.29. The number of esters is 1. The van der Waals surface area contributed by atoms with E-state index in [9.17, 15) is 19.4 Å². The van der Waals surface area contributed by atoms with E-state index in [1.165, 1.54) is 141 Å². The van der Waals surface area contributed by atoms with Gasteiger partial charge in [-0.15, -0.1) is 0 Å². The van der Waals surface area contributed by atoms with Crippen LogP contribution in [0, 0.1) is 0 Å². The summed E-state index contributed by atoms with van der Waals surface area (Å²) in [5, 5.41) is 18.4. The first-order chi connectivity index (χ1) is 26.8. The molecule has 10 heteroatoms. The van der Waals surface area contributed by atoms with E-state index in [0.29, 0.717) is 6.61 Å². The van der Waals surface area contributed by atoms with Crippen molar-refractivity contribution in [3.8, 4) is 0 Å². The molecule has 0 heterocycles. The highest BCUT2D eigenvalue weighted by atomic mass is 31.2. The SMILES string of the molecule is CCCCC/C=C\C/C=C\CCCCCCCCCCOCC(COP(=O)(O)OCC(O)CO)OC(=O)CCCCCCCCCCCCCCCCCC. The van der Waals surface area contributed by atoms with Crippen LogP contribution in [0.5, 0.6) is 0 Å². The number of ether oxygens (including phenoxy) is 2. The number of rotatable bonds is 44. The number of phosphoric acid groups is 1. The minimum atomic E-state index is -4.52. The summed E-state index contributed by atoms with van der Waals surface area (Å²) in [6.45, 7) is 3.52. The van der Waals surface area contributed by atoms with E-state index in [1.54, 1.807) is 0 Å². The fraction of sp³-hybridized carbons (Fsp3) is 0.889. The quantitative estimate of drug-likeness (QED) is 0.0238.